The molecule has 1 N–H and O–H groups in total. The SMILES string of the molecule is COCCCn1c(SCC(=O)Nc2cc(C)cc(C)c2)nc2cc(Cl)ccc2c1=O. The topological polar surface area (TPSA) is 73.2 Å². The number of thioether (sulfide) groups is 1. The molecular formula is C22H24ClN3O3S. The second-order valence-electron chi connectivity index (χ2n) is 7.07. The van der Waals surface area contributed by atoms with Gasteiger partial charge in [-0.25, -0.2) is 4.98 Å². The summed E-state index contributed by atoms with van der Waals surface area (Å²) >= 11 is 7.30. The van der Waals surface area contributed by atoms with Gasteiger partial charge in [0.2, 0.25) is 5.91 Å². The van der Waals surface area contributed by atoms with Crippen molar-refractivity contribution in [3.63, 3.8) is 0 Å². The number of carbonyl (C=O) groups excluding carboxylic acids is 1. The van der Waals surface area contributed by atoms with Crippen molar-refractivity contribution in [3.05, 3.63) is 62.9 Å². The van der Waals surface area contributed by atoms with Gasteiger partial charge < -0.3 is 10.1 Å². The van der Waals surface area contributed by atoms with Crippen molar-refractivity contribution in [1.29, 1.82) is 0 Å². The highest BCUT2D eigenvalue weighted by molar-refractivity contribution is 7.99. The molecule has 0 unspecified atom stereocenters. The Morgan fingerprint density at radius 1 is 1.20 bits per heavy atom. The molecule has 0 spiro atoms. The molecule has 0 radical (unpaired) electrons. The number of rotatable bonds is 8. The monoisotopic (exact) mass is 445 g/mol. The highest BCUT2D eigenvalue weighted by atomic mass is 35.5. The quantitative estimate of drug-likeness (QED) is 0.315. The van der Waals surface area contributed by atoms with E-state index < -0.39 is 0 Å². The molecule has 2 aromatic carbocycles. The zero-order valence-electron chi connectivity index (χ0n) is 17.2. The van der Waals surface area contributed by atoms with E-state index >= 15 is 0 Å². The fourth-order valence-corrected chi connectivity index (χ4v) is 4.21. The summed E-state index contributed by atoms with van der Waals surface area (Å²) in [4.78, 5) is 30.1. The highest BCUT2D eigenvalue weighted by Crippen LogP contribution is 2.21. The van der Waals surface area contributed by atoms with Crippen LogP contribution in [-0.4, -0.2) is 34.9 Å². The molecule has 0 fully saturated rings. The van der Waals surface area contributed by atoms with Crippen molar-refractivity contribution in [3.8, 4) is 0 Å². The first-order chi connectivity index (χ1) is 14.4. The summed E-state index contributed by atoms with van der Waals surface area (Å²) in [5.41, 5.74) is 3.29. The molecule has 30 heavy (non-hydrogen) atoms. The highest BCUT2D eigenvalue weighted by Gasteiger charge is 2.14. The summed E-state index contributed by atoms with van der Waals surface area (Å²) in [6.45, 7) is 4.96. The molecule has 0 aliphatic carbocycles. The van der Waals surface area contributed by atoms with Crippen LogP contribution in [0.4, 0.5) is 5.69 Å². The molecule has 3 rings (SSSR count). The van der Waals surface area contributed by atoms with Crippen LogP contribution in [0.3, 0.4) is 0 Å². The second kappa shape index (κ2) is 10.1. The van der Waals surface area contributed by atoms with Gasteiger partial charge in [-0.3, -0.25) is 14.2 Å². The van der Waals surface area contributed by atoms with Gasteiger partial charge in [-0.05, 0) is 61.7 Å². The number of hydrogen-bond acceptors (Lipinski definition) is 5. The van der Waals surface area contributed by atoms with E-state index in [2.05, 4.69) is 10.3 Å². The number of carbonyl (C=O) groups is 1. The molecule has 0 aliphatic rings. The van der Waals surface area contributed by atoms with Crippen LogP contribution in [0.15, 0.2) is 46.3 Å². The lowest BCUT2D eigenvalue weighted by molar-refractivity contribution is -0.113. The third-order valence-corrected chi connectivity index (χ3v) is 5.66. The van der Waals surface area contributed by atoms with Crippen LogP contribution in [0.2, 0.25) is 5.02 Å². The number of nitrogens with zero attached hydrogens (tertiary/aromatic N) is 2. The fourth-order valence-electron chi connectivity index (χ4n) is 3.22. The van der Waals surface area contributed by atoms with E-state index in [-0.39, 0.29) is 17.2 Å². The van der Waals surface area contributed by atoms with Crippen LogP contribution < -0.4 is 10.9 Å². The molecule has 0 atom stereocenters. The van der Waals surface area contributed by atoms with Crippen LogP contribution in [0.5, 0.6) is 0 Å². The zero-order chi connectivity index (χ0) is 21.7. The van der Waals surface area contributed by atoms with Gasteiger partial charge in [0.1, 0.15) is 0 Å². The maximum Gasteiger partial charge on any atom is 0.262 e. The van der Waals surface area contributed by atoms with E-state index in [1.165, 1.54) is 11.8 Å². The summed E-state index contributed by atoms with van der Waals surface area (Å²) in [6, 6.07) is 10.9. The Morgan fingerprint density at radius 3 is 2.63 bits per heavy atom. The van der Waals surface area contributed by atoms with E-state index in [0.29, 0.717) is 40.7 Å². The lowest BCUT2D eigenvalue weighted by Crippen LogP contribution is -2.25. The molecule has 0 saturated carbocycles. The van der Waals surface area contributed by atoms with Crippen molar-refractivity contribution < 1.29 is 9.53 Å². The van der Waals surface area contributed by atoms with Crippen LogP contribution in [0.1, 0.15) is 17.5 Å². The first-order valence-corrected chi connectivity index (χ1v) is 10.9. The molecule has 0 bridgehead atoms. The second-order valence-corrected chi connectivity index (χ2v) is 8.45. The number of halogens is 1. The van der Waals surface area contributed by atoms with Gasteiger partial charge in [0.05, 0.1) is 16.7 Å². The van der Waals surface area contributed by atoms with Crippen LogP contribution >= 0.6 is 23.4 Å². The number of hydrogen-bond donors (Lipinski definition) is 1. The predicted molar refractivity (Wildman–Crippen MR) is 123 cm³/mol. The van der Waals surface area contributed by atoms with Gasteiger partial charge in [0.25, 0.3) is 5.56 Å². The normalized spacial score (nSPS) is 11.1. The van der Waals surface area contributed by atoms with Gasteiger partial charge in [-0.2, -0.15) is 0 Å². The summed E-state index contributed by atoms with van der Waals surface area (Å²) in [7, 11) is 1.62. The number of anilines is 1. The number of ether oxygens (including phenoxy) is 1. The number of fused-ring (bicyclic) bond motifs is 1. The average Bonchev–Trinajstić information content (AvgIpc) is 2.67. The summed E-state index contributed by atoms with van der Waals surface area (Å²) < 4.78 is 6.71. The molecule has 1 aromatic heterocycles. The molecule has 0 aliphatic heterocycles. The third-order valence-electron chi connectivity index (χ3n) is 4.45. The van der Waals surface area contributed by atoms with E-state index in [1.54, 1.807) is 29.9 Å². The lowest BCUT2D eigenvalue weighted by Gasteiger charge is -2.13. The molecule has 8 heteroatoms. The number of benzene rings is 2. The van der Waals surface area contributed by atoms with Crippen molar-refractivity contribution in [1.82, 2.24) is 9.55 Å². The predicted octanol–water partition coefficient (Wildman–Crippen LogP) is 4.43. The first-order valence-electron chi connectivity index (χ1n) is 9.57. The number of aryl methyl sites for hydroxylation is 2. The van der Waals surface area contributed by atoms with E-state index in [9.17, 15) is 9.59 Å². The Balaban J connectivity index is 1.83. The number of methoxy groups -OCH3 is 1. The fraction of sp³-hybridized carbons (Fsp3) is 0.318. The largest absolute Gasteiger partial charge is 0.385 e. The number of amides is 1. The van der Waals surface area contributed by atoms with Crippen molar-refractivity contribution in [2.75, 3.05) is 24.8 Å². The van der Waals surface area contributed by atoms with Gasteiger partial charge in [-0.1, -0.05) is 29.4 Å². The molecule has 3 aromatic rings. The molecule has 0 saturated heterocycles. The molecule has 6 nitrogen and oxygen atoms in total. The summed E-state index contributed by atoms with van der Waals surface area (Å²) in [5, 5.41) is 4.41. The van der Waals surface area contributed by atoms with Gasteiger partial charge >= 0.3 is 0 Å². The maximum absolute atomic E-state index is 13.0. The average molecular weight is 446 g/mol. The first kappa shape index (κ1) is 22.3. The van der Waals surface area contributed by atoms with Crippen LogP contribution in [0.25, 0.3) is 10.9 Å². The Morgan fingerprint density at radius 2 is 1.93 bits per heavy atom. The van der Waals surface area contributed by atoms with Crippen LogP contribution in [-0.2, 0) is 16.1 Å². The standard InChI is InChI=1S/C22H24ClN3O3S/c1-14-9-15(2)11-17(10-14)24-20(27)13-30-22-25-19-12-16(23)5-6-18(19)21(28)26(22)7-4-8-29-3/h5-6,9-12H,4,7-8,13H2,1-3H3,(H,24,27). The van der Waals surface area contributed by atoms with E-state index in [0.717, 1.165) is 16.8 Å². The molecular weight excluding hydrogens is 422 g/mol. The van der Waals surface area contributed by atoms with Crippen molar-refractivity contribution in [2.45, 2.75) is 32.0 Å². The maximum atomic E-state index is 13.0. The smallest absolute Gasteiger partial charge is 0.262 e. The number of aromatic nitrogens is 2. The lowest BCUT2D eigenvalue weighted by atomic mass is 10.1. The number of nitrogens with one attached hydrogen (secondary N) is 1. The Kier molecular flexibility index (Phi) is 7.53. The minimum Gasteiger partial charge on any atom is -0.385 e. The molecule has 1 heterocycles. The van der Waals surface area contributed by atoms with Gasteiger partial charge in [-0.15, -0.1) is 0 Å². The zero-order valence-corrected chi connectivity index (χ0v) is 18.8. The Bertz CT molecular complexity index is 1110. The van der Waals surface area contributed by atoms with Crippen LogP contribution in [0, 0.1) is 13.8 Å². The molecule has 158 valence electrons. The summed E-state index contributed by atoms with van der Waals surface area (Å²) in [6.07, 6.45) is 0.666. The van der Waals surface area contributed by atoms with Gasteiger partial charge in [0, 0.05) is 31.0 Å². The minimum absolute atomic E-state index is 0.135. The van der Waals surface area contributed by atoms with Crippen molar-refractivity contribution >= 4 is 45.9 Å². The van der Waals surface area contributed by atoms with E-state index in [1.807, 2.05) is 32.0 Å². The minimum atomic E-state index is -0.158. The van der Waals surface area contributed by atoms with Gasteiger partial charge in [0.15, 0.2) is 5.16 Å². The summed E-state index contributed by atoms with van der Waals surface area (Å²) in [5.74, 6) is -0.0237. The van der Waals surface area contributed by atoms with Crippen molar-refractivity contribution in [2.24, 2.45) is 0 Å². The van der Waals surface area contributed by atoms with E-state index in [4.69, 9.17) is 16.3 Å². The molecule has 1 amide bonds. The Hall–Kier alpha value is -2.35. The third kappa shape index (κ3) is 5.62. The Labute approximate surface area is 184 Å².